The molecule has 0 aliphatic rings. The highest BCUT2D eigenvalue weighted by Crippen LogP contribution is 2.42. The number of nitrogens with zero attached hydrogens (tertiary/aromatic N) is 1. The van der Waals surface area contributed by atoms with Gasteiger partial charge in [0.1, 0.15) is 11.2 Å². The van der Waals surface area contributed by atoms with Crippen LogP contribution in [0.3, 0.4) is 0 Å². The molecule has 0 radical (unpaired) electrons. The van der Waals surface area contributed by atoms with Gasteiger partial charge in [-0.2, -0.15) is 0 Å². The maximum Gasteiger partial charge on any atom is 0.137 e. The van der Waals surface area contributed by atoms with Crippen molar-refractivity contribution in [2.75, 3.05) is 4.90 Å². The maximum absolute atomic E-state index is 6.41. The first-order valence-electron chi connectivity index (χ1n) is 20.5. The van der Waals surface area contributed by atoms with E-state index in [4.69, 9.17) is 4.42 Å². The molecule has 2 heteroatoms. The molecule has 0 aliphatic heterocycles. The van der Waals surface area contributed by atoms with Gasteiger partial charge in [-0.3, -0.25) is 0 Å². The Labute approximate surface area is 349 Å². The summed E-state index contributed by atoms with van der Waals surface area (Å²) in [6, 6.07) is 84.8. The van der Waals surface area contributed by atoms with Crippen LogP contribution < -0.4 is 4.90 Å². The number of anilines is 3. The lowest BCUT2D eigenvalue weighted by atomic mass is 9.89. The number of rotatable bonds is 8. The van der Waals surface area contributed by atoms with E-state index >= 15 is 0 Å². The molecule has 11 aromatic rings. The predicted molar refractivity (Wildman–Crippen MR) is 253 cm³/mol. The van der Waals surface area contributed by atoms with E-state index in [1.54, 1.807) is 0 Å². The Morgan fingerprint density at radius 1 is 0.250 bits per heavy atom. The molecule has 10 aromatic carbocycles. The fourth-order valence-electron chi connectivity index (χ4n) is 8.69. The van der Waals surface area contributed by atoms with Gasteiger partial charge in [-0.1, -0.05) is 176 Å². The van der Waals surface area contributed by atoms with Crippen molar-refractivity contribution in [3.05, 3.63) is 237 Å². The third-order valence-electron chi connectivity index (χ3n) is 11.7. The summed E-state index contributed by atoms with van der Waals surface area (Å²) >= 11 is 0. The lowest BCUT2D eigenvalue weighted by molar-refractivity contribution is 0.669. The molecule has 0 aliphatic carbocycles. The van der Waals surface area contributed by atoms with Crippen molar-refractivity contribution in [1.82, 2.24) is 0 Å². The Balaban J connectivity index is 0.981. The summed E-state index contributed by atoms with van der Waals surface area (Å²) in [6.07, 6.45) is 0. The third-order valence-corrected chi connectivity index (χ3v) is 11.7. The van der Waals surface area contributed by atoms with Gasteiger partial charge in [-0.25, -0.2) is 0 Å². The van der Waals surface area contributed by atoms with Crippen LogP contribution in [0.5, 0.6) is 0 Å². The molecule has 0 bridgehead atoms. The standard InChI is InChI=1S/C58H39NO/c1-3-13-40(14-4-1)45-25-23-42-24-26-46(38-47(42)37-45)41-27-31-48(32-28-41)59(50-35-36-56-55-21-11-12-22-57(55)60-58(56)39-50)49-33-29-44(30-34-49)52-18-8-10-20-54(52)53-19-9-7-17-51(53)43-15-5-2-6-16-43/h1-39H. The average Bonchev–Trinajstić information content (AvgIpc) is 3.70. The summed E-state index contributed by atoms with van der Waals surface area (Å²) in [5, 5.41) is 4.69. The molecule has 1 aromatic heterocycles. The zero-order valence-electron chi connectivity index (χ0n) is 32.9. The van der Waals surface area contributed by atoms with Gasteiger partial charge in [0.15, 0.2) is 0 Å². The molecule has 0 unspecified atom stereocenters. The maximum atomic E-state index is 6.41. The Kier molecular flexibility index (Phi) is 8.87. The van der Waals surface area contributed by atoms with Gasteiger partial charge in [0.2, 0.25) is 0 Å². The summed E-state index contributed by atoms with van der Waals surface area (Å²) in [6.45, 7) is 0. The largest absolute Gasteiger partial charge is 0.456 e. The van der Waals surface area contributed by atoms with Gasteiger partial charge in [0, 0.05) is 33.9 Å². The number of fused-ring (bicyclic) bond motifs is 4. The topological polar surface area (TPSA) is 16.4 Å². The smallest absolute Gasteiger partial charge is 0.137 e. The van der Waals surface area contributed by atoms with Gasteiger partial charge in [0.25, 0.3) is 0 Å². The molecule has 0 saturated carbocycles. The van der Waals surface area contributed by atoms with Crippen molar-refractivity contribution < 1.29 is 4.42 Å². The highest BCUT2D eigenvalue weighted by atomic mass is 16.3. The first-order valence-corrected chi connectivity index (χ1v) is 20.5. The van der Waals surface area contributed by atoms with Crippen molar-refractivity contribution in [1.29, 1.82) is 0 Å². The van der Waals surface area contributed by atoms with E-state index in [2.05, 4.69) is 229 Å². The Morgan fingerprint density at radius 2 is 0.683 bits per heavy atom. The number of hydrogen-bond donors (Lipinski definition) is 0. The quantitative estimate of drug-likeness (QED) is 0.153. The molecule has 0 fully saturated rings. The van der Waals surface area contributed by atoms with E-state index in [0.29, 0.717) is 0 Å². The summed E-state index contributed by atoms with van der Waals surface area (Å²) in [4.78, 5) is 2.32. The van der Waals surface area contributed by atoms with Crippen LogP contribution >= 0.6 is 0 Å². The van der Waals surface area contributed by atoms with Crippen LogP contribution in [0.2, 0.25) is 0 Å². The average molecular weight is 766 g/mol. The van der Waals surface area contributed by atoms with Gasteiger partial charge >= 0.3 is 0 Å². The highest BCUT2D eigenvalue weighted by molar-refractivity contribution is 6.06. The Morgan fingerprint density at radius 3 is 1.30 bits per heavy atom. The Hall–Kier alpha value is -7.94. The van der Waals surface area contributed by atoms with Gasteiger partial charge in [0.05, 0.1) is 0 Å². The van der Waals surface area contributed by atoms with Crippen LogP contribution in [0.15, 0.2) is 241 Å². The van der Waals surface area contributed by atoms with Crippen LogP contribution in [0.25, 0.3) is 88.3 Å². The van der Waals surface area contributed by atoms with Crippen molar-refractivity contribution in [3.8, 4) is 55.6 Å². The molecule has 60 heavy (non-hydrogen) atoms. The van der Waals surface area contributed by atoms with Gasteiger partial charge < -0.3 is 9.32 Å². The second-order valence-electron chi connectivity index (χ2n) is 15.3. The SMILES string of the molecule is c1ccc(-c2ccc3ccc(-c4ccc(N(c5ccc(-c6ccccc6-c6ccccc6-c6ccccc6)cc5)c5ccc6c(c5)oc5ccccc56)cc4)cc3c2)cc1. The zero-order chi connectivity index (χ0) is 39.8. The van der Waals surface area contributed by atoms with Crippen LogP contribution in [-0.4, -0.2) is 0 Å². The van der Waals surface area contributed by atoms with Crippen LogP contribution in [0, 0.1) is 0 Å². The van der Waals surface area contributed by atoms with E-state index in [0.717, 1.165) is 44.6 Å². The molecular weight excluding hydrogens is 727 g/mol. The molecule has 0 saturated heterocycles. The lowest BCUT2D eigenvalue weighted by Crippen LogP contribution is -2.09. The zero-order valence-corrected chi connectivity index (χ0v) is 32.9. The van der Waals surface area contributed by atoms with Crippen LogP contribution in [-0.2, 0) is 0 Å². The molecule has 0 spiro atoms. The second kappa shape index (κ2) is 15.1. The number of furan rings is 1. The van der Waals surface area contributed by atoms with Crippen molar-refractivity contribution in [2.24, 2.45) is 0 Å². The Bertz CT molecular complexity index is 3290. The highest BCUT2D eigenvalue weighted by Gasteiger charge is 2.18. The monoisotopic (exact) mass is 765 g/mol. The molecule has 282 valence electrons. The van der Waals surface area contributed by atoms with Gasteiger partial charge in [-0.05, 0) is 121 Å². The summed E-state index contributed by atoms with van der Waals surface area (Å²) in [7, 11) is 0. The minimum Gasteiger partial charge on any atom is -0.456 e. The fraction of sp³-hybridized carbons (Fsp3) is 0. The molecular formula is C58H39NO. The first-order chi connectivity index (χ1) is 29.7. The van der Waals surface area contributed by atoms with E-state index in [1.807, 2.05) is 12.1 Å². The number of hydrogen-bond acceptors (Lipinski definition) is 2. The van der Waals surface area contributed by atoms with Crippen LogP contribution in [0.4, 0.5) is 17.1 Å². The predicted octanol–water partition coefficient (Wildman–Crippen LogP) is 16.5. The first kappa shape index (κ1) is 35.2. The molecule has 0 N–H and O–H groups in total. The third kappa shape index (κ3) is 6.51. The molecule has 2 nitrogen and oxygen atoms in total. The number of benzene rings is 10. The molecule has 1 heterocycles. The lowest BCUT2D eigenvalue weighted by Gasteiger charge is -2.26. The van der Waals surface area contributed by atoms with Crippen molar-refractivity contribution >= 4 is 49.8 Å². The summed E-state index contributed by atoms with van der Waals surface area (Å²) in [5.41, 5.74) is 16.9. The van der Waals surface area contributed by atoms with Crippen LogP contribution in [0.1, 0.15) is 0 Å². The molecule has 0 amide bonds. The minimum absolute atomic E-state index is 0.865. The van der Waals surface area contributed by atoms with E-state index < -0.39 is 0 Å². The van der Waals surface area contributed by atoms with Crippen molar-refractivity contribution in [2.45, 2.75) is 0 Å². The minimum atomic E-state index is 0.865. The van der Waals surface area contributed by atoms with E-state index in [1.165, 1.54) is 60.8 Å². The summed E-state index contributed by atoms with van der Waals surface area (Å²) < 4.78 is 6.41. The fourth-order valence-corrected chi connectivity index (χ4v) is 8.69. The second-order valence-corrected chi connectivity index (χ2v) is 15.3. The molecule has 11 rings (SSSR count). The van der Waals surface area contributed by atoms with E-state index in [9.17, 15) is 0 Å². The summed E-state index contributed by atoms with van der Waals surface area (Å²) in [5.74, 6) is 0. The normalized spacial score (nSPS) is 11.3. The van der Waals surface area contributed by atoms with Crippen molar-refractivity contribution in [3.63, 3.8) is 0 Å². The van der Waals surface area contributed by atoms with Gasteiger partial charge in [-0.15, -0.1) is 0 Å². The number of para-hydroxylation sites is 1. The van der Waals surface area contributed by atoms with E-state index in [-0.39, 0.29) is 0 Å². The molecule has 0 atom stereocenters.